The average molecular weight is 427 g/mol. The van der Waals surface area contributed by atoms with Crippen molar-refractivity contribution < 1.29 is 14.6 Å². The number of ether oxygens (including phenoxy) is 1. The second kappa shape index (κ2) is 7.14. The standard InChI is InChI=1S/C24H34N4O3/c1-13-11-28(12-14(2)31-13)23-25-10-19(21(27-23)16-3-4-16)22(29)26-20-17-5-15-6-18(20)9-24(30,7-15)8-17/h10,13-18,20,30H,3-9,11-12H2,1-2H3,(H,26,29)/t13?,14?,15?,17?,18?,20-,24+. The fraction of sp³-hybridized carbons (Fsp3) is 0.792. The predicted molar refractivity (Wildman–Crippen MR) is 116 cm³/mol. The predicted octanol–water partition coefficient (Wildman–Crippen LogP) is 2.64. The van der Waals surface area contributed by atoms with Gasteiger partial charge in [0.1, 0.15) is 0 Å². The molecule has 7 nitrogen and oxygen atoms in total. The minimum atomic E-state index is -0.478. The van der Waals surface area contributed by atoms with Crippen molar-refractivity contribution in [3.05, 3.63) is 17.5 Å². The van der Waals surface area contributed by atoms with Gasteiger partial charge in [-0.15, -0.1) is 0 Å². The second-order valence-corrected chi connectivity index (χ2v) is 11.1. The number of hydrogen-bond donors (Lipinski definition) is 2. The van der Waals surface area contributed by atoms with E-state index in [1.165, 1.54) is 0 Å². The molecule has 6 fully saturated rings. The molecular formula is C24H34N4O3. The Bertz CT molecular complexity index is 862. The Balaban J connectivity index is 1.22. The summed E-state index contributed by atoms with van der Waals surface area (Å²) in [6.07, 6.45) is 9.14. The Morgan fingerprint density at radius 1 is 1.16 bits per heavy atom. The molecule has 7 rings (SSSR count). The zero-order valence-corrected chi connectivity index (χ0v) is 18.6. The molecule has 4 unspecified atom stereocenters. The minimum absolute atomic E-state index is 0.0263. The molecule has 5 saturated carbocycles. The lowest BCUT2D eigenvalue weighted by Crippen LogP contribution is -2.61. The topological polar surface area (TPSA) is 87.6 Å². The van der Waals surface area contributed by atoms with Crippen LogP contribution in [0.15, 0.2) is 6.20 Å². The van der Waals surface area contributed by atoms with Crippen LogP contribution in [0.25, 0.3) is 0 Å². The van der Waals surface area contributed by atoms with Gasteiger partial charge in [-0.2, -0.15) is 0 Å². The fourth-order valence-electron chi connectivity index (χ4n) is 7.17. The summed E-state index contributed by atoms with van der Waals surface area (Å²) in [5.74, 6) is 2.51. The van der Waals surface area contributed by atoms with Gasteiger partial charge in [0, 0.05) is 31.2 Å². The van der Waals surface area contributed by atoms with Gasteiger partial charge in [0.2, 0.25) is 5.95 Å². The smallest absolute Gasteiger partial charge is 0.254 e. The maximum atomic E-state index is 13.4. The Morgan fingerprint density at radius 2 is 1.84 bits per heavy atom. The van der Waals surface area contributed by atoms with Crippen LogP contribution in [0.1, 0.15) is 80.8 Å². The summed E-state index contributed by atoms with van der Waals surface area (Å²) in [5, 5.41) is 14.2. The summed E-state index contributed by atoms with van der Waals surface area (Å²) in [5.41, 5.74) is 1.08. The quantitative estimate of drug-likeness (QED) is 0.770. The van der Waals surface area contributed by atoms with E-state index in [4.69, 9.17) is 9.72 Å². The second-order valence-electron chi connectivity index (χ2n) is 11.1. The van der Waals surface area contributed by atoms with E-state index in [9.17, 15) is 9.90 Å². The summed E-state index contributed by atoms with van der Waals surface area (Å²) in [6.45, 7) is 5.70. The first kappa shape index (κ1) is 19.9. The van der Waals surface area contributed by atoms with Gasteiger partial charge in [0.05, 0.1) is 29.1 Å². The molecule has 1 aliphatic heterocycles. The van der Waals surface area contributed by atoms with E-state index in [1.807, 2.05) is 0 Å². The molecule has 0 radical (unpaired) electrons. The normalized spacial score (nSPS) is 41.5. The van der Waals surface area contributed by atoms with E-state index in [2.05, 4.69) is 29.0 Å². The monoisotopic (exact) mass is 426 g/mol. The zero-order valence-electron chi connectivity index (χ0n) is 18.6. The third kappa shape index (κ3) is 3.63. The molecule has 4 atom stereocenters. The van der Waals surface area contributed by atoms with E-state index >= 15 is 0 Å². The lowest BCUT2D eigenvalue weighted by atomic mass is 9.52. The third-order valence-corrected chi connectivity index (χ3v) is 8.26. The van der Waals surface area contributed by atoms with Crippen molar-refractivity contribution >= 4 is 11.9 Å². The molecule has 1 aromatic rings. The number of aromatic nitrogens is 2. The average Bonchev–Trinajstić information content (AvgIpc) is 3.53. The molecule has 168 valence electrons. The highest BCUT2D eigenvalue weighted by Crippen LogP contribution is 2.55. The van der Waals surface area contributed by atoms with Crippen LogP contribution in [0.5, 0.6) is 0 Å². The Labute approximate surface area is 184 Å². The summed E-state index contributed by atoms with van der Waals surface area (Å²) >= 11 is 0. The summed E-state index contributed by atoms with van der Waals surface area (Å²) in [7, 11) is 0. The minimum Gasteiger partial charge on any atom is -0.390 e. The van der Waals surface area contributed by atoms with E-state index in [0.717, 1.165) is 69.7 Å². The molecule has 0 spiro atoms. The maximum absolute atomic E-state index is 13.4. The van der Waals surface area contributed by atoms with Crippen LogP contribution in [0, 0.1) is 17.8 Å². The number of amides is 1. The highest BCUT2D eigenvalue weighted by molar-refractivity contribution is 5.95. The number of aliphatic hydroxyl groups is 1. The molecule has 7 heteroatoms. The number of carbonyl (C=O) groups is 1. The van der Waals surface area contributed by atoms with Crippen LogP contribution in [0.4, 0.5) is 5.95 Å². The molecule has 1 amide bonds. The number of rotatable bonds is 4. The van der Waals surface area contributed by atoms with Gasteiger partial charge in [-0.25, -0.2) is 9.97 Å². The Kier molecular flexibility index (Phi) is 4.59. The van der Waals surface area contributed by atoms with Gasteiger partial charge in [-0.05, 0) is 76.5 Å². The number of nitrogens with one attached hydrogen (secondary N) is 1. The van der Waals surface area contributed by atoms with Crippen LogP contribution in [-0.2, 0) is 4.74 Å². The van der Waals surface area contributed by atoms with Crippen molar-refractivity contribution in [3.63, 3.8) is 0 Å². The van der Waals surface area contributed by atoms with Crippen molar-refractivity contribution in [1.82, 2.24) is 15.3 Å². The summed E-state index contributed by atoms with van der Waals surface area (Å²) in [6, 6.07) is 0.178. The highest BCUT2D eigenvalue weighted by Gasteiger charge is 2.55. The first-order valence-corrected chi connectivity index (χ1v) is 12.2. The molecule has 4 bridgehead atoms. The SMILES string of the molecule is CC1CN(c2ncc(C(=O)N[C@H]3C4CC5CC3C[C@@](O)(C5)C4)c(C3CC3)n2)CC(C)O1. The molecule has 2 heterocycles. The van der Waals surface area contributed by atoms with Crippen LogP contribution in [0.2, 0.25) is 0 Å². The molecule has 5 aliphatic carbocycles. The first-order chi connectivity index (χ1) is 14.9. The number of morpholine rings is 1. The number of hydrogen-bond acceptors (Lipinski definition) is 6. The number of anilines is 1. The highest BCUT2D eigenvalue weighted by atomic mass is 16.5. The van der Waals surface area contributed by atoms with Crippen LogP contribution >= 0.6 is 0 Å². The van der Waals surface area contributed by atoms with E-state index in [1.54, 1.807) is 6.20 Å². The lowest BCUT2D eigenvalue weighted by Gasteiger charge is -2.58. The van der Waals surface area contributed by atoms with Crippen LogP contribution < -0.4 is 10.2 Å². The van der Waals surface area contributed by atoms with Crippen molar-refractivity contribution in [2.45, 2.75) is 88.6 Å². The first-order valence-electron chi connectivity index (χ1n) is 12.2. The molecule has 1 saturated heterocycles. The third-order valence-electron chi connectivity index (χ3n) is 8.26. The molecule has 6 aliphatic rings. The van der Waals surface area contributed by atoms with E-state index in [0.29, 0.717) is 29.2 Å². The van der Waals surface area contributed by atoms with E-state index in [-0.39, 0.29) is 24.2 Å². The molecule has 0 aromatic carbocycles. The van der Waals surface area contributed by atoms with Gasteiger partial charge >= 0.3 is 0 Å². The number of carbonyl (C=O) groups excluding carboxylic acids is 1. The Hall–Kier alpha value is -1.73. The van der Waals surface area contributed by atoms with Crippen molar-refractivity contribution in [2.24, 2.45) is 17.8 Å². The van der Waals surface area contributed by atoms with Gasteiger partial charge < -0.3 is 20.1 Å². The Morgan fingerprint density at radius 3 is 2.45 bits per heavy atom. The molecular weight excluding hydrogens is 392 g/mol. The lowest BCUT2D eigenvalue weighted by molar-refractivity contribution is -0.136. The van der Waals surface area contributed by atoms with Gasteiger partial charge in [-0.1, -0.05) is 0 Å². The molecule has 31 heavy (non-hydrogen) atoms. The maximum Gasteiger partial charge on any atom is 0.254 e. The molecule has 2 N–H and O–H groups in total. The number of nitrogens with zero attached hydrogens (tertiary/aromatic N) is 3. The van der Waals surface area contributed by atoms with Gasteiger partial charge in [0.15, 0.2) is 0 Å². The van der Waals surface area contributed by atoms with Crippen LogP contribution in [0.3, 0.4) is 0 Å². The largest absolute Gasteiger partial charge is 0.390 e. The fourth-order valence-corrected chi connectivity index (χ4v) is 7.17. The van der Waals surface area contributed by atoms with Crippen molar-refractivity contribution in [3.8, 4) is 0 Å². The summed E-state index contributed by atoms with van der Waals surface area (Å²) in [4.78, 5) is 25.1. The van der Waals surface area contributed by atoms with Gasteiger partial charge in [0.25, 0.3) is 5.91 Å². The van der Waals surface area contributed by atoms with Crippen molar-refractivity contribution in [1.29, 1.82) is 0 Å². The molecule has 1 aromatic heterocycles. The van der Waals surface area contributed by atoms with E-state index < -0.39 is 5.60 Å². The zero-order chi connectivity index (χ0) is 21.3. The van der Waals surface area contributed by atoms with Crippen molar-refractivity contribution in [2.75, 3.05) is 18.0 Å². The van der Waals surface area contributed by atoms with Crippen LogP contribution in [-0.4, -0.2) is 57.9 Å². The summed E-state index contributed by atoms with van der Waals surface area (Å²) < 4.78 is 5.85. The van der Waals surface area contributed by atoms with Gasteiger partial charge in [-0.3, -0.25) is 4.79 Å².